The third-order valence-corrected chi connectivity index (χ3v) is 2.56. The summed E-state index contributed by atoms with van der Waals surface area (Å²) in [5, 5.41) is 2.37. The summed E-state index contributed by atoms with van der Waals surface area (Å²) in [6, 6.07) is 1.63. The lowest BCUT2D eigenvalue weighted by atomic mass is 10.3. The zero-order chi connectivity index (χ0) is 15.4. The fraction of sp³-hybridized carbons (Fsp3) is 0.182. The van der Waals surface area contributed by atoms with Gasteiger partial charge in [-0.2, -0.15) is 15.0 Å². The molecule has 4 N–H and O–H groups in total. The highest BCUT2D eigenvalue weighted by Gasteiger charge is 2.13. The topological polar surface area (TPSA) is 98.0 Å². The van der Waals surface area contributed by atoms with Crippen molar-refractivity contribution >= 4 is 29.2 Å². The first-order valence-electron chi connectivity index (χ1n) is 5.80. The third-order valence-electron chi connectivity index (χ3n) is 2.26. The number of hydrogen-bond acceptors (Lipinski definition) is 7. The molecule has 0 bridgehead atoms. The molecule has 0 saturated carbocycles. The molecule has 1 aromatic heterocycles. The second-order valence-corrected chi connectivity index (χ2v) is 4.12. The van der Waals surface area contributed by atoms with Gasteiger partial charge in [0.15, 0.2) is 5.82 Å². The number of nitrogen functional groups attached to an aromatic ring is 1. The number of hydrazine groups is 1. The zero-order valence-electron chi connectivity index (χ0n) is 10.8. The summed E-state index contributed by atoms with van der Waals surface area (Å²) in [5.41, 5.74) is 2.05. The van der Waals surface area contributed by atoms with Crippen LogP contribution in [0.5, 0.6) is 6.01 Å². The average Bonchev–Trinajstić information content (AvgIpc) is 2.43. The van der Waals surface area contributed by atoms with E-state index in [1.807, 2.05) is 0 Å². The van der Waals surface area contributed by atoms with Crippen molar-refractivity contribution in [2.75, 3.05) is 17.3 Å². The fourth-order valence-electron chi connectivity index (χ4n) is 1.44. The second kappa shape index (κ2) is 6.46. The van der Waals surface area contributed by atoms with Gasteiger partial charge in [0, 0.05) is 6.07 Å². The summed E-state index contributed by atoms with van der Waals surface area (Å²) in [7, 11) is 0. The number of nitrogens with two attached hydrogens (primary N) is 1. The molecule has 21 heavy (non-hydrogen) atoms. The maximum atomic E-state index is 13.7. The van der Waals surface area contributed by atoms with E-state index in [1.54, 1.807) is 6.92 Å². The van der Waals surface area contributed by atoms with Crippen LogP contribution in [0.3, 0.4) is 0 Å². The molecule has 112 valence electrons. The zero-order valence-corrected chi connectivity index (χ0v) is 11.6. The first-order chi connectivity index (χ1) is 10.0. The van der Waals surface area contributed by atoms with Crippen LogP contribution in [0.4, 0.5) is 26.4 Å². The van der Waals surface area contributed by atoms with Crippen LogP contribution in [-0.2, 0) is 0 Å². The molecule has 0 spiro atoms. The van der Waals surface area contributed by atoms with Crippen LogP contribution >= 0.6 is 11.6 Å². The van der Waals surface area contributed by atoms with Crippen molar-refractivity contribution in [3.63, 3.8) is 0 Å². The largest absolute Gasteiger partial charge is 0.464 e. The monoisotopic (exact) mass is 316 g/mol. The Bertz CT molecular complexity index is 634. The summed E-state index contributed by atoms with van der Waals surface area (Å²) in [6.45, 7) is 2.06. The Labute approximate surface area is 123 Å². The van der Waals surface area contributed by atoms with E-state index in [2.05, 4.69) is 25.7 Å². The lowest BCUT2D eigenvalue weighted by Crippen LogP contribution is -2.14. The Balaban J connectivity index is 2.37. The van der Waals surface area contributed by atoms with Crippen LogP contribution in [0.1, 0.15) is 6.92 Å². The molecule has 0 atom stereocenters. The van der Waals surface area contributed by atoms with Crippen molar-refractivity contribution in [3.8, 4) is 6.01 Å². The molecule has 0 radical (unpaired) electrons. The average molecular weight is 317 g/mol. The molecular formula is C11H11ClF2N6O. The van der Waals surface area contributed by atoms with Gasteiger partial charge in [0.1, 0.15) is 5.82 Å². The Kier molecular flexibility index (Phi) is 4.66. The molecule has 0 amide bonds. The molecular weight excluding hydrogens is 306 g/mol. The van der Waals surface area contributed by atoms with Crippen molar-refractivity contribution in [2.24, 2.45) is 5.84 Å². The highest BCUT2D eigenvalue weighted by atomic mass is 35.5. The van der Waals surface area contributed by atoms with Crippen molar-refractivity contribution in [3.05, 3.63) is 28.8 Å². The minimum atomic E-state index is -0.888. The summed E-state index contributed by atoms with van der Waals surface area (Å²) in [4.78, 5) is 11.6. The maximum Gasteiger partial charge on any atom is 0.323 e. The Morgan fingerprint density at radius 3 is 2.57 bits per heavy atom. The van der Waals surface area contributed by atoms with Gasteiger partial charge in [-0.15, -0.1) is 0 Å². The molecule has 2 rings (SSSR count). The van der Waals surface area contributed by atoms with Crippen LogP contribution < -0.4 is 21.3 Å². The third kappa shape index (κ3) is 3.64. The fourth-order valence-corrected chi connectivity index (χ4v) is 1.69. The van der Waals surface area contributed by atoms with E-state index in [0.29, 0.717) is 12.7 Å². The minimum Gasteiger partial charge on any atom is -0.464 e. The lowest BCUT2D eigenvalue weighted by molar-refractivity contribution is 0.312. The van der Waals surface area contributed by atoms with E-state index in [-0.39, 0.29) is 28.6 Å². The number of nitrogens with zero attached hydrogens (tertiary/aromatic N) is 3. The van der Waals surface area contributed by atoms with Crippen LogP contribution in [0.15, 0.2) is 12.1 Å². The molecule has 0 aliphatic rings. The van der Waals surface area contributed by atoms with Gasteiger partial charge >= 0.3 is 6.01 Å². The Hall–Kier alpha value is -2.26. The predicted molar refractivity (Wildman–Crippen MR) is 73.5 cm³/mol. The molecule has 0 aliphatic carbocycles. The van der Waals surface area contributed by atoms with Gasteiger partial charge in [0.25, 0.3) is 0 Å². The van der Waals surface area contributed by atoms with E-state index in [9.17, 15) is 8.78 Å². The highest BCUT2D eigenvalue weighted by molar-refractivity contribution is 6.33. The van der Waals surface area contributed by atoms with Crippen LogP contribution in [0, 0.1) is 11.6 Å². The molecule has 10 heteroatoms. The van der Waals surface area contributed by atoms with E-state index in [1.165, 1.54) is 0 Å². The van der Waals surface area contributed by atoms with Crippen LogP contribution in [-0.4, -0.2) is 21.6 Å². The number of nitrogens with one attached hydrogen (secondary N) is 2. The summed E-state index contributed by atoms with van der Waals surface area (Å²) in [5.74, 6) is 3.49. The number of rotatable bonds is 5. The minimum absolute atomic E-state index is 0.00888. The summed E-state index contributed by atoms with van der Waals surface area (Å²) in [6.07, 6.45) is 0. The first kappa shape index (κ1) is 15.1. The number of anilines is 3. The molecule has 0 saturated heterocycles. The maximum absolute atomic E-state index is 13.7. The van der Waals surface area contributed by atoms with Crippen LogP contribution in [0.2, 0.25) is 5.02 Å². The number of aromatic nitrogens is 3. The quantitative estimate of drug-likeness (QED) is 0.574. The molecule has 0 aliphatic heterocycles. The molecule has 0 unspecified atom stereocenters. The molecule has 2 aromatic rings. The molecule has 1 aromatic carbocycles. The Morgan fingerprint density at radius 2 is 1.95 bits per heavy atom. The highest BCUT2D eigenvalue weighted by Crippen LogP contribution is 2.28. The lowest BCUT2D eigenvalue weighted by Gasteiger charge is -2.10. The second-order valence-electron chi connectivity index (χ2n) is 3.71. The van der Waals surface area contributed by atoms with Crippen molar-refractivity contribution in [1.29, 1.82) is 0 Å². The number of ether oxygens (including phenoxy) is 1. The van der Waals surface area contributed by atoms with Crippen molar-refractivity contribution in [2.45, 2.75) is 6.92 Å². The van der Waals surface area contributed by atoms with E-state index >= 15 is 0 Å². The summed E-state index contributed by atoms with van der Waals surface area (Å²) < 4.78 is 31.8. The molecule has 1 heterocycles. The molecule has 7 nitrogen and oxygen atoms in total. The molecule has 0 fully saturated rings. The van der Waals surface area contributed by atoms with Gasteiger partial charge in [-0.25, -0.2) is 14.6 Å². The normalized spacial score (nSPS) is 10.3. The summed E-state index contributed by atoms with van der Waals surface area (Å²) >= 11 is 5.77. The standard InChI is InChI=1S/C11H11ClF2N6O/c1-2-21-11-18-9(17-10(19-11)20-15)16-8-6(12)3-5(13)4-7(8)14/h3-4H,2,15H2,1H3,(H2,16,17,18,19,20). The van der Waals surface area contributed by atoms with Gasteiger partial charge in [0.05, 0.1) is 17.3 Å². The smallest absolute Gasteiger partial charge is 0.323 e. The van der Waals surface area contributed by atoms with Gasteiger partial charge in [-0.3, -0.25) is 5.43 Å². The van der Waals surface area contributed by atoms with Gasteiger partial charge in [0.2, 0.25) is 11.9 Å². The van der Waals surface area contributed by atoms with Gasteiger partial charge < -0.3 is 10.1 Å². The number of hydrogen-bond donors (Lipinski definition) is 3. The van der Waals surface area contributed by atoms with Crippen molar-refractivity contribution in [1.82, 2.24) is 15.0 Å². The van der Waals surface area contributed by atoms with E-state index < -0.39 is 11.6 Å². The number of halogens is 3. The van der Waals surface area contributed by atoms with E-state index in [0.717, 1.165) is 6.07 Å². The van der Waals surface area contributed by atoms with Crippen molar-refractivity contribution < 1.29 is 13.5 Å². The SMILES string of the molecule is CCOc1nc(NN)nc(Nc2c(F)cc(F)cc2Cl)n1. The Morgan fingerprint density at radius 1 is 1.24 bits per heavy atom. The number of benzene rings is 1. The van der Waals surface area contributed by atoms with Crippen LogP contribution in [0.25, 0.3) is 0 Å². The van der Waals surface area contributed by atoms with Gasteiger partial charge in [-0.1, -0.05) is 11.6 Å². The first-order valence-corrected chi connectivity index (χ1v) is 6.18. The predicted octanol–water partition coefficient (Wildman–Crippen LogP) is 2.23. The van der Waals surface area contributed by atoms with E-state index in [4.69, 9.17) is 22.2 Å². The van der Waals surface area contributed by atoms with Gasteiger partial charge in [-0.05, 0) is 13.0 Å².